The molecule has 0 amide bonds. The first-order chi connectivity index (χ1) is 9.54. The maximum absolute atomic E-state index is 13.1. The Morgan fingerprint density at radius 3 is 2.70 bits per heavy atom. The van der Waals surface area contributed by atoms with E-state index >= 15 is 0 Å². The van der Waals surface area contributed by atoms with Gasteiger partial charge in [0.05, 0.1) is 0 Å². The van der Waals surface area contributed by atoms with Gasteiger partial charge in [-0.05, 0) is 65.1 Å². The van der Waals surface area contributed by atoms with Crippen LogP contribution in [0.5, 0.6) is 0 Å². The summed E-state index contributed by atoms with van der Waals surface area (Å²) in [5, 5.41) is 1.34. The van der Waals surface area contributed by atoms with Crippen molar-refractivity contribution in [3.05, 3.63) is 68.2 Å². The summed E-state index contributed by atoms with van der Waals surface area (Å²) >= 11 is 7.83. The predicted octanol–water partition coefficient (Wildman–Crippen LogP) is 5.06. The third kappa shape index (κ3) is 2.45. The molecular formula is C15H7ClFIO2. The van der Waals surface area contributed by atoms with E-state index in [1.165, 1.54) is 18.2 Å². The Kier molecular flexibility index (Phi) is 3.52. The maximum atomic E-state index is 13.1. The summed E-state index contributed by atoms with van der Waals surface area (Å²) in [6.45, 7) is 0. The van der Waals surface area contributed by atoms with Crippen LogP contribution in [0.3, 0.4) is 0 Å². The second-order valence-electron chi connectivity index (χ2n) is 4.25. The second kappa shape index (κ2) is 5.18. The summed E-state index contributed by atoms with van der Waals surface area (Å²) < 4.78 is 19.1. The average Bonchev–Trinajstić information content (AvgIpc) is 2.81. The van der Waals surface area contributed by atoms with E-state index in [-0.39, 0.29) is 17.4 Å². The van der Waals surface area contributed by atoms with Gasteiger partial charge in [-0.3, -0.25) is 4.79 Å². The highest BCUT2D eigenvalue weighted by atomic mass is 127. The van der Waals surface area contributed by atoms with Gasteiger partial charge in [-0.2, -0.15) is 0 Å². The lowest BCUT2D eigenvalue weighted by Gasteiger charge is -2.01. The summed E-state index contributed by atoms with van der Waals surface area (Å²) in [6, 6.07) is 10.8. The highest BCUT2D eigenvalue weighted by Gasteiger charge is 2.17. The fraction of sp³-hybridized carbons (Fsp3) is 0. The SMILES string of the molecule is O=C(c1cc2cc(Cl)ccc2o1)c1ccc(F)cc1I. The third-order valence-corrected chi connectivity index (χ3v) is 4.01. The average molecular weight is 401 g/mol. The van der Waals surface area contributed by atoms with Crippen molar-refractivity contribution in [3.63, 3.8) is 0 Å². The number of hydrogen-bond acceptors (Lipinski definition) is 2. The summed E-state index contributed by atoms with van der Waals surface area (Å²) in [6.07, 6.45) is 0. The van der Waals surface area contributed by atoms with Crippen molar-refractivity contribution >= 4 is 50.9 Å². The molecule has 0 spiro atoms. The molecule has 3 rings (SSSR count). The molecule has 0 N–H and O–H groups in total. The molecule has 5 heteroatoms. The number of halogens is 3. The molecule has 2 aromatic carbocycles. The summed E-state index contributed by atoms with van der Waals surface area (Å²) in [4.78, 5) is 12.4. The van der Waals surface area contributed by atoms with E-state index in [9.17, 15) is 9.18 Å². The van der Waals surface area contributed by atoms with E-state index in [1.54, 1.807) is 24.3 Å². The molecule has 0 aliphatic heterocycles. The molecule has 0 saturated carbocycles. The molecule has 1 heterocycles. The molecule has 2 nitrogen and oxygen atoms in total. The number of ketones is 1. The minimum absolute atomic E-state index is 0.215. The zero-order chi connectivity index (χ0) is 14.3. The van der Waals surface area contributed by atoms with Crippen LogP contribution in [0.25, 0.3) is 11.0 Å². The molecule has 0 aliphatic carbocycles. The highest BCUT2D eigenvalue weighted by Crippen LogP contribution is 2.26. The van der Waals surface area contributed by atoms with Gasteiger partial charge < -0.3 is 4.42 Å². The Labute approximate surface area is 132 Å². The van der Waals surface area contributed by atoms with Crippen LogP contribution in [0, 0.1) is 9.39 Å². The molecule has 20 heavy (non-hydrogen) atoms. The molecule has 0 saturated heterocycles. The summed E-state index contributed by atoms with van der Waals surface area (Å²) in [7, 11) is 0. The first-order valence-electron chi connectivity index (χ1n) is 5.73. The van der Waals surface area contributed by atoms with Crippen LogP contribution >= 0.6 is 34.2 Å². The summed E-state index contributed by atoms with van der Waals surface area (Å²) in [5.74, 6) is -0.434. The van der Waals surface area contributed by atoms with Crippen LogP contribution in [-0.2, 0) is 0 Å². The highest BCUT2D eigenvalue weighted by molar-refractivity contribution is 14.1. The van der Waals surface area contributed by atoms with Crippen LogP contribution in [-0.4, -0.2) is 5.78 Å². The van der Waals surface area contributed by atoms with Gasteiger partial charge >= 0.3 is 0 Å². The van der Waals surface area contributed by atoms with Crippen molar-refractivity contribution in [2.24, 2.45) is 0 Å². The van der Waals surface area contributed by atoms with Crippen molar-refractivity contribution in [2.45, 2.75) is 0 Å². The molecular weight excluding hydrogens is 394 g/mol. The number of furan rings is 1. The molecule has 3 aromatic rings. The van der Waals surface area contributed by atoms with E-state index in [2.05, 4.69) is 0 Å². The van der Waals surface area contributed by atoms with E-state index in [1.807, 2.05) is 22.6 Å². The number of benzene rings is 2. The lowest BCUT2D eigenvalue weighted by molar-refractivity contribution is 0.101. The van der Waals surface area contributed by atoms with Crippen LogP contribution in [0.2, 0.25) is 5.02 Å². The molecule has 0 unspecified atom stereocenters. The molecule has 100 valence electrons. The van der Waals surface area contributed by atoms with E-state index < -0.39 is 0 Å². The zero-order valence-electron chi connectivity index (χ0n) is 9.99. The minimum Gasteiger partial charge on any atom is -0.453 e. The lowest BCUT2D eigenvalue weighted by Crippen LogP contribution is -2.02. The second-order valence-corrected chi connectivity index (χ2v) is 5.84. The maximum Gasteiger partial charge on any atom is 0.229 e. The number of fused-ring (bicyclic) bond motifs is 1. The number of hydrogen-bond donors (Lipinski definition) is 0. The van der Waals surface area contributed by atoms with Gasteiger partial charge in [0.2, 0.25) is 5.78 Å². The quantitative estimate of drug-likeness (QED) is 0.444. The fourth-order valence-electron chi connectivity index (χ4n) is 1.93. The topological polar surface area (TPSA) is 30.2 Å². The van der Waals surface area contributed by atoms with Crippen molar-refractivity contribution in [1.29, 1.82) is 0 Å². The minimum atomic E-state index is -0.373. The number of carbonyl (C=O) groups excluding carboxylic acids is 1. The first-order valence-corrected chi connectivity index (χ1v) is 7.19. The predicted molar refractivity (Wildman–Crippen MR) is 83.8 cm³/mol. The standard InChI is InChI=1S/C15H7ClFIO2/c16-9-1-4-13-8(5-9)6-14(20-13)15(19)11-3-2-10(17)7-12(11)18/h1-7H. The lowest BCUT2D eigenvalue weighted by atomic mass is 10.1. The number of rotatable bonds is 2. The van der Waals surface area contributed by atoms with Gasteiger partial charge in [0, 0.05) is 19.5 Å². The van der Waals surface area contributed by atoms with Gasteiger partial charge in [-0.1, -0.05) is 11.6 Å². The Balaban J connectivity index is 2.08. The normalized spacial score (nSPS) is 10.9. The van der Waals surface area contributed by atoms with Gasteiger partial charge in [0.15, 0.2) is 5.76 Å². The zero-order valence-corrected chi connectivity index (χ0v) is 12.9. The van der Waals surface area contributed by atoms with Gasteiger partial charge in [-0.15, -0.1) is 0 Å². The number of carbonyl (C=O) groups is 1. The summed E-state index contributed by atoms with van der Waals surface area (Å²) in [5.41, 5.74) is 1.01. The Morgan fingerprint density at radius 2 is 1.95 bits per heavy atom. The van der Waals surface area contributed by atoms with Gasteiger partial charge in [0.1, 0.15) is 11.4 Å². The van der Waals surface area contributed by atoms with Crippen molar-refractivity contribution in [3.8, 4) is 0 Å². The van der Waals surface area contributed by atoms with Crippen molar-refractivity contribution in [2.75, 3.05) is 0 Å². The monoisotopic (exact) mass is 400 g/mol. The van der Waals surface area contributed by atoms with E-state index in [0.717, 1.165) is 5.39 Å². The van der Waals surface area contributed by atoms with Crippen LogP contribution in [0.15, 0.2) is 46.9 Å². The molecule has 0 atom stereocenters. The van der Waals surface area contributed by atoms with Gasteiger partial charge in [-0.25, -0.2) is 4.39 Å². The van der Waals surface area contributed by atoms with Gasteiger partial charge in [0.25, 0.3) is 0 Å². The van der Waals surface area contributed by atoms with Crippen molar-refractivity contribution in [1.82, 2.24) is 0 Å². The molecule has 0 bridgehead atoms. The van der Waals surface area contributed by atoms with E-state index in [4.69, 9.17) is 16.0 Å². The molecule has 0 fully saturated rings. The van der Waals surface area contributed by atoms with E-state index in [0.29, 0.717) is 19.7 Å². The smallest absolute Gasteiger partial charge is 0.229 e. The molecule has 0 radical (unpaired) electrons. The van der Waals surface area contributed by atoms with Crippen molar-refractivity contribution < 1.29 is 13.6 Å². The largest absolute Gasteiger partial charge is 0.453 e. The van der Waals surface area contributed by atoms with Crippen LogP contribution in [0.1, 0.15) is 16.1 Å². The van der Waals surface area contributed by atoms with Crippen LogP contribution < -0.4 is 0 Å². The Hall–Kier alpha value is -1.40. The Bertz CT molecular complexity index is 826. The first kappa shape index (κ1) is 13.6. The molecule has 1 aromatic heterocycles. The van der Waals surface area contributed by atoms with Crippen LogP contribution in [0.4, 0.5) is 4.39 Å². The molecule has 0 aliphatic rings. The fourth-order valence-corrected chi connectivity index (χ4v) is 2.84. The Morgan fingerprint density at radius 1 is 1.15 bits per heavy atom. The third-order valence-electron chi connectivity index (χ3n) is 2.88.